The fourth-order valence-electron chi connectivity index (χ4n) is 1.26. The lowest BCUT2D eigenvalue weighted by Crippen LogP contribution is -2.22. The summed E-state index contributed by atoms with van der Waals surface area (Å²) in [5, 5.41) is 0. The van der Waals surface area contributed by atoms with Crippen molar-refractivity contribution >= 4 is 11.9 Å². The number of esters is 2. The highest BCUT2D eigenvalue weighted by Gasteiger charge is 2.13. The Balaban J connectivity index is 2.35. The van der Waals surface area contributed by atoms with Crippen LogP contribution in [0, 0.1) is 0 Å². The summed E-state index contributed by atoms with van der Waals surface area (Å²) in [5.74, 6) is -0.877. The van der Waals surface area contributed by atoms with E-state index in [1.807, 2.05) is 6.07 Å². The lowest BCUT2D eigenvalue weighted by Gasteiger charge is -2.17. The van der Waals surface area contributed by atoms with Crippen molar-refractivity contribution in [1.29, 1.82) is 0 Å². The minimum Gasteiger partial charge on any atom is -0.458 e. The Morgan fingerprint density at radius 2 is 1.79 bits per heavy atom. The summed E-state index contributed by atoms with van der Waals surface area (Å²) in [6, 6.07) is 8.67. The maximum absolute atomic E-state index is 11.5. The van der Waals surface area contributed by atoms with Crippen molar-refractivity contribution in [3.8, 4) is 0 Å². The zero-order valence-corrected chi connectivity index (χ0v) is 11.4. The summed E-state index contributed by atoms with van der Waals surface area (Å²) in [4.78, 5) is 22.9. The zero-order valence-electron chi connectivity index (χ0n) is 11.4. The molecule has 0 aliphatic heterocycles. The van der Waals surface area contributed by atoms with Gasteiger partial charge in [-0.2, -0.15) is 0 Å². The average molecular weight is 262 g/mol. The van der Waals surface area contributed by atoms with Crippen molar-refractivity contribution in [2.24, 2.45) is 0 Å². The molecule has 0 aromatic heterocycles. The van der Waals surface area contributed by atoms with Crippen molar-refractivity contribution < 1.29 is 19.1 Å². The van der Waals surface area contributed by atoms with Gasteiger partial charge in [0, 0.05) is 6.08 Å². The van der Waals surface area contributed by atoms with Gasteiger partial charge in [-0.15, -0.1) is 0 Å². The quantitative estimate of drug-likeness (QED) is 0.618. The second-order valence-corrected chi connectivity index (χ2v) is 4.90. The van der Waals surface area contributed by atoms with E-state index in [0.717, 1.165) is 0 Å². The Bertz CT molecular complexity index is 455. The zero-order chi connectivity index (χ0) is 14.3. The highest BCUT2D eigenvalue weighted by Crippen LogP contribution is 2.07. The Morgan fingerprint density at radius 3 is 2.37 bits per heavy atom. The average Bonchev–Trinajstić information content (AvgIpc) is 2.33. The normalized spacial score (nSPS) is 11.3. The predicted molar refractivity (Wildman–Crippen MR) is 71.7 cm³/mol. The lowest BCUT2D eigenvalue weighted by atomic mass is 10.2. The number of rotatable bonds is 4. The van der Waals surface area contributed by atoms with Crippen LogP contribution in [0.5, 0.6) is 0 Å². The van der Waals surface area contributed by atoms with Gasteiger partial charge in [0.2, 0.25) is 0 Å². The number of ether oxygens (including phenoxy) is 2. The van der Waals surface area contributed by atoms with E-state index in [-0.39, 0.29) is 6.61 Å². The maximum Gasteiger partial charge on any atom is 0.338 e. The van der Waals surface area contributed by atoms with Gasteiger partial charge in [0.1, 0.15) is 12.2 Å². The first-order chi connectivity index (χ1) is 8.88. The Kier molecular flexibility index (Phi) is 5.30. The number of carbonyl (C=O) groups is 2. The molecule has 102 valence electrons. The number of carbonyl (C=O) groups excluding carboxylic acids is 2. The van der Waals surface area contributed by atoms with Crippen LogP contribution < -0.4 is 0 Å². The van der Waals surface area contributed by atoms with Gasteiger partial charge in [-0.3, -0.25) is 0 Å². The van der Waals surface area contributed by atoms with Crippen molar-refractivity contribution in [2.75, 3.05) is 6.61 Å². The summed E-state index contributed by atoms with van der Waals surface area (Å²) in [6.45, 7) is 5.39. The second kappa shape index (κ2) is 6.73. The fourth-order valence-corrected chi connectivity index (χ4v) is 1.26. The molecule has 0 fully saturated rings. The number of hydrogen-bond donors (Lipinski definition) is 0. The standard InChI is InChI=1S/C15H18O4/c1-15(2,3)19-13(16)10-7-11-18-14(17)12-8-5-4-6-9-12/h4-10H,11H2,1-3H3. The second-order valence-electron chi connectivity index (χ2n) is 4.90. The molecule has 4 nitrogen and oxygen atoms in total. The van der Waals surface area contributed by atoms with Gasteiger partial charge in [0.05, 0.1) is 5.56 Å². The van der Waals surface area contributed by atoms with E-state index in [1.165, 1.54) is 12.2 Å². The molecular weight excluding hydrogens is 244 g/mol. The molecule has 19 heavy (non-hydrogen) atoms. The Hall–Kier alpha value is -2.10. The van der Waals surface area contributed by atoms with Crippen LogP contribution in [0.15, 0.2) is 42.5 Å². The molecule has 0 heterocycles. The van der Waals surface area contributed by atoms with Crippen LogP contribution in [0.2, 0.25) is 0 Å². The van der Waals surface area contributed by atoms with Gasteiger partial charge in [0.15, 0.2) is 0 Å². The van der Waals surface area contributed by atoms with Crippen molar-refractivity contribution in [3.63, 3.8) is 0 Å². The molecule has 4 heteroatoms. The lowest BCUT2D eigenvalue weighted by molar-refractivity contribution is -0.148. The third-order valence-corrected chi connectivity index (χ3v) is 1.98. The monoisotopic (exact) mass is 262 g/mol. The van der Waals surface area contributed by atoms with Gasteiger partial charge in [-0.1, -0.05) is 18.2 Å². The molecule has 0 aliphatic carbocycles. The maximum atomic E-state index is 11.5. The van der Waals surface area contributed by atoms with Crippen LogP contribution in [0.4, 0.5) is 0 Å². The molecule has 0 amide bonds. The van der Waals surface area contributed by atoms with E-state index in [4.69, 9.17) is 9.47 Å². The van der Waals surface area contributed by atoms with E-state index in [2.05, 4.69) is 0 Å². The summed E-state index contributed by atoms with van der Waals surface area (Å²) in [5.41, 5.74) is -0.0459. The highest BCUT2D eigenvalue weighted by molar-refractivity contribution is 5.89. The molecule has 1 rings (SSSR count). The Labute approximate surface area is 113 Å². The van der Waals surface area contributed by atoms with Crippen molar-refractivity contribution in [2.45, 2.75) is 26.4 Å². The minimum atomic E-state index is -0.526. The molecule has 0 aliphatic rings. The molecule has 0 saturated carbocycles. The summed E-state index contributed by atoms with van der Waals surface area (Å²) in [6.07, 6.45) is 2.71. The van der Waals surface area contributed by atoms with Crippen LogP contribution in [-0.4, -0.2) is 24.1 Å². The summed E-state index contributed by atoms with van der Waals surface area (Å²) >= 11 is 0. The number of benzene rings is 1. The third-order valence-electron chi connectivity index (χ3n) is 1.98. The summed E-state index contributed by atoms with van der Waals surface area (Å²) < 4.78 is 10.0. The smallest absolute Gasteiger partial charge is 0.338 e. The van der Waals surface area contributed by atoms with E-state index >= 15 is 0 Å². The van der Waals surface area contributed by atoms with Crippen molar-refractivity contribution in [1.82, 2.24) is 0 Å². The topological polar surface area (TPSA) is 52.6 Å². The third kappa shape index (κ3) is 6.41. The Morgan fingerprint density at radius 1 is 1.16 bits per heavy atom. The number of hydrogen-bond acceptors (Lipinski definition) is 4. The predicted octanol–water partition coefficient (Wildman–Crippen LogP) is 2.74. The van der Waals surface area contributed by atoms with Crippen LogP contribution >= 0.6 is 0 Å². The molecule has 0 spiro atoms. The van der Waals surface area contributed by atoms with E-state index in [1.54, 1.807) is 45.0 Å². The van der Waals surface area contributed by atoms with Gasteiger partial charge in [-0.25, -0.2) is 9.59 Å². The summed E-state index contributed by atoms with van der Waals surface area (Å²) in [7, 11) is 0. The van der Waals surface area contributed by atoms with Crippen LogP contribution in [0.3, 0.4) is 0 Å². The van der Waals surface area contributed by atoms with Crippen LogP contribution in [0.25, 0.3) is 0 Å². The molecule has 1 aromatic rings. The largest absolute Gasteiger partial charge is 0.458 e. The molecule has 1 aromatic carbocycles. The van der Waals surface area contributed by atoms with E-state index in [9.17, 15) is 9.59 Å². The van der Waals surface area contributed by atoms with Crippen molar-refractivity contribution in [3.05, 3.63) is 48.0 Å². The van der Waals surface area contributed by atoms with Gasteiger partial charge < -0.3 is 9.47 Å². The van der Waals surface area contributed by atoms with E-state index in [0.29, 0.717) is 5.56 Å². The van der Waals surface area contributed by atoms with Crippen LogP contribution in [-0.2, 0) is 14.3 Å². The molecule has 0 unspecified atom stereocenters. The van der Waals surface area contributed by atoms with Gasteiger partial charge in [-0.05, 0) is 39.0 Å². The molecule has 0 N–H and O–H groups in total. The molecule has 0 atom stereocenters. The minimum absolute atomic E-state index is 0.0347. The molecule has 0 bridgehead atoms. The van der Waals surface area contributed by atoms with Gasteiger partial charge in [0.25, 0.3) is 0 Å². The first-order valence-corrected chi connectivity index (χ1v) is 6.00. The first kappa shape index (κ1) is 15.0. The highest BCUT2D eigenvalue weighted by atomic mass is 16.6. The fraction of sp³-hybridized carbons (Fsp3) is 0.333. The molecule has 0 radical (unpaired) electrons. The van der Waals surface area contributed by atoms with Crippen LogP contribution in [0.1, 0.15) is 31.1 Å². The SMILES string of the molecule is CC(C)(C)OC(=O)C=CCOC(=O)c1ccccc1. The first-order valence-electron chi connectivity index (χ1n) is 6.00. The molecular formula is C15H18O4. The van der Waals surface area contributed by atoms with Gasteiger partial charge >= 0.3 is 11.9 Å². The van der Waals surface area contributed by atoms with E-state index < -0.39 is 17.5 Å². The molecule has 0 saturated heterocycles.